The molecule has 0 aromatic carbocycles. The second-order valence-electron chi connectivity index (χ2n) is 6.11. The molecule has 0 bridgehead atoms. The number of hydrogen-bond donors (Lipinski definition) is 1. The van der Waals surface area contributed by atoms with Crippen LogP contribution in [-0.4, -0.2) is 48.6 Å². The molecule has 0 unspecified atom stereocenters. The molecule has 0 aliphatic heterocycles. The SMILES string of the molecule is CN(C)C(=O)/C=C/CNC1(COc2ccc(I)cn2)CCCC1. The van der Waals surface area contributed by atoms with Crippen LogP contribution < -0.4 is 10.1 Å². The minimum atomic E-state index is -0.0177. The average molecular weight is 429 g/mol. The Morgan fingerprint density at radius 1 is 1.43 bits per heavy atom. The van der Waals surface area contributed by atoms with Crippen LogP contribution >= 0.6 is 22.6 Å². The molecule has 1 aliphatic carbocycles. The van der Waals surface area contributed by atoms with Crippen molar-refractivity contribution in [3.63, 3.8) is 0 Å². The first kappa shape index (κ1) is 18.2. The Hall–Kier alpha value is -1.15. The molecule has 6 heteroatoms. The van der Waals surface area contributed by atoms with Gasteiger partial charge in [-0.1, -0.05) is 18.9 Å². The number of likely N-dealkylation sites (N-methyl/N-ethyl adjacent to an activating group) is 1. The van der Waals surface area contributed by atoms with Crippen molar-refractivity contribution in [2.75, 3.05) is 27.2 Å². The zero-order valence-corrected chi connectivity index (χ0v) is 15.9. The summed E-state index contributed by atoms with van der Waals surface area (Å²) >= 11 is 2.23. The molecule has 1 aromatic rings. The Morgan fingerprint density at radius 2 is 2.17 bits per heavy atom. The molecule has 1 N–H and O–H groups in total. The van der Waals surface area contributed by atoms with Gasteiger partial charge in [0.2, 0.25) is 11.8 Å². The molecule has 1 saturated carbocycles. The first-order chi connectivity index (χ1) is 11.0. The van der Waals surface area contributed by atoms with Gasteiger partial charge in [0.1, 0.15) is 6.61 Å². The van der Waals surface area contributed by atoms with Gasteiger partial charge in [0.15, 0.2) is 0 Å². The van der Waals surface area contributed by atoms with Gasteiger partial charge in [0, 0.05) is 42.5 Å². The summed E-state index contributed by atoms with van der Waals surface area (Å²) in [7, 11) is 3.50. The Balaban J connectivity index is 1.86. The normalized spacial score (nSPS) is 16.7. The zero-order chi connectivity index (χ0) is 16.7. The van der Waals surface area contributed by atoms with E-state index in [1.165, 1.54) is 12.8 Å². The van der Waals surface area contributed by atoms with Crippen LogP contribution in [0.15, 0.2) is 30.5 Å². The summed E-state index contributed by atoms with van der Waals surface area (Å²) in [6.07, 6.45) is 9.89. The highest BCUT2D eigenvalue weighted by molar-refractivity contribution is 14.1. The largest absolute Gasteiger partial charge is 0.476 e. The van der Waals surface area contributed by atoms with Crippen LogP contribution in [0.25, 0.3) is 0 Å². The summed E-state index contributed by atoms with van der Waals surface area (Å²) in [4.78, 5) is 17.4. The van der Waals surface area contributed by atoms with Gasteiger partial charge in [-0.15, -0.1) is 0 Å². The van der Waals surface area contributed by atoms with Crippen LogP contribution in [0.1, 0.15) is 25.7 Å². The molecule has 1 amide bonds. The van der Waals surface area contributed by atoms with Crippen molar-refractivity contribution >= 4 is 28.5 Å². The van der Waals surface area contributed by atoms with Crippen molar-refractivity contribution in [2.45, 2.75) is 31.2 Å². The van der Waals surface area contributed by atoms with Gasteiger partial charge in [-0.25, -0.2) is 4.98 Å². The highest BCUT2D eigenvalue weighted by Gasteiger charge is 2.33. The predicted molar refractivity (Wildman–Crippen MR) is 99.5 cm³/mol. The van der Waals surface area contributed by atoms with Gasteiger partial charge in [-0.3, -0.25) is 4.79 Å². The topological polar surface area (TPSA) is 54.5 Å². The summed E-state index contributed by atoms with van der Waals surface area (Å²) in [5, 5.41) is 3.56. The number of halogens is 1. The van der Waals surface area contributed by atoms with Gasteiger partial charge in [0.25, 0.3) is 0 Å². The second kappa shape index (κ2) is 8.63. The molecule has 2 rings (SSSR count). The molecule has 0 atom stereocenters. The minimum Gasteiger partial charge on any atom is -0.476 e. The quantitative estimate of drug-likeness (QED) is 0.535. The zero-order valence-electron chi connectivity index (χ0n) is 13.7. The number of nitrogens with one attached hydrogen (secondary N) is 1. The molecule has 1 fully saturated rings. The van der Waals surface area contributed by atoms with Gasteiger partial charge in [-0.2, -0.15) is 0 Å². The number of rotatable bonds is 7. The Bertz CT molecular complexity index is 537. The lowest BCUT2D eigenvalue weighted by molar-refractivity contribution is -0.123. The van der Waals surface area contributed by atoms with Crippen molar-refractivity contribution in [2.24, 2.45) is 0 Å². The Labute approximate surface area is 151 Å². The maximum Gasteiger partial charge on any atom is 0.245 e. The van der Waals surface area contributed by atoms with Crippen molar-refractivity contribution in [1.29, 1.82) is 0 Å². The van der Waals surface area contributed by atoms with Crippen molar-refractivity contribution in [1.82, 2.24) is 15.2 Å². The fraction of sp³-hybridized carbons (Fsp3) is 0.529. The summed E-state index contributed by atoms with van der Waals surface area (Å²) in [6.45, 7) is 1.28. The average Bonchev–Trinajstić information content (AvgIpc) is 3.00. The Kier molecular flexibility index (Phi) is 6.83. The third-order valence-corrected chi connectivity index (χ3v) is 4.69. The monoisotopic (exact) mass is 429 g/mol. The summed E-state index contributed by atoms with van der Waals surface area (Å²) in [5.41, 5.74) is -0.0177. The highest BCUT2D eigenvalue weighted by atomic mass is 127. The van der Waals surface area contributed by atoms with E-state index in [1.54, 1.807) is 31.3 Å². The molecule has 0 radical (unpaired) electrons. The first-order valence-electron chi connectivity index (χ1n) is 7.88. The molecule has 0 saturated heterocycles. The highest BCUT2D eigenvalue weighted by Crippen LogP contribution is 2.30. The van der Waals surface area contributed by atoms with E-state index in [0.29, 0.717) is 19.0 Å². The number of aromatic nitrogens is 1. The lowest BCUT2D eigenvalue weighted by Crippen LogP contribution is -2.48. The van der Waals surface area contributed by atoms with E-state index in [0.717, 1.165) is 16.4 Å². The maximum absolute atomic E-state index is 11.5. The maximum atomic E-state index is 11.5. The molecule has 1 aromatic heterocycles. The molecule has 1 aliphatic rings. The third-order valence-electron chi connectivity index (χ3n) is 4.05. The summed E-state index contributed by atoms with van der Waals surface area (Å²) in [5.74, 6) is 0.670. The number of amides is 1. The molecular formula is C17H24IN3O2. The number of nitrogens with zero attached hydrogens (tertiary/aromatic N) is 2. The van der Waals surface area contributed by atoms with Crippen molar-refractivity contribution in [3.8, 4) is 5.88 Å². The number of carbonyl (C=O) groups excluding carboxylic acids is 1. The predicted octanol–water partition coefficient (Wildman–Crippen LogP) is 2.61. The van der Waals surface area contributed by atoms with Crippen LogP contribution in [0.2, 0.25) is 0 Å². The molecular weight excluding hydrogens is 405 g/mol. The van der Waals surface area contributed by atoms with Crippen LogP contribution in [0.3, 0.4) is 0 Å². The number of hydrogen-bond acceptors (Lipinski definition) is 4. The van der Waals surface area contributed by atoms with Crippen LogP contribution in [0.4, 0.5) is 0 Å². The van der Waals surface area contributed by atoms with E-state index in [1.807, 2.05) is 18.2 Å². The van der Waals surface area contributed by atoms with E-state index >= 15 is 0 Å². The lowest BCUT2D eigenvalue weighted by Gasteiger charge is -2.29. The molecule has 0 spiro atoms. The summed E-state index contributed by atoms with van der Waals surface area (Å²) < 4.78 is 6.99. The van der Waals surface area contributed by atoms with Crippen LogP contribution in [0, 0.1) is 3.57 Å². The van der Waals surface area contributed by atoms with Gasteiger partial charge >= 0.3 is 0 Å². The standard InChI is InChI=1S/C17H24IN3O2/c1-21(2)16(22)6-5-11-20-17(9-3-4-10-17)13-23-15-8-7-14(18)12-19-15/h5-8,12,20H,3-4,9-11,13H2,1-2H3/b6-5+. The molecule has 1 heterocycles. The van der Waals surface area contributed by atoms with Gasteiger partial charge < -0.3 is 15.0 Å². The number of ether oxygens (including phenoxy) is 1. The smallest absolute Gasteiger partial charge is 0.245 e. The fourth-order valence-corrected chi connectivity index (χ4v) is 2.99. The Morgan fingerprint density at radius 3 is 2.78 bits per heavy atom. The van der Waals surface area contributed by atoms with E-state index in [-0.39, 0.29) is 11.4 Å². The van der Waals surface area contributed by atoms with Crippen molar-refractivity contribution < 1.29 is 9.53 Å². The van der Waals surface area contributed by atoms with Crippen LogP contribution in [0.5, 0.6) is 5.88 Å². The summed E-state index contributed by atoms with van der Waals surface area (Å²) in [6, 6.07) is 3.90. The van der Waals surface area contributed by atoms with Gasteiger partial charge in [-0.05, 0) is 41.5 Å². The van der Waals surface area contributed by atoms with Gasteiger partial charge in [0.05, 0.1) is 5.54 Å². The van der Waals surface area contributed by atoms with Crippen LogP contribution in [-0.2, 0) is 4.79 Å². The van der Waals surface area contributed by atoms with E-state index in [2.05, 4.69) is 32.9 Å². The second-order valence-corrected chi connectivity index (χ2v) is 7.35. The number of carbonyl (C=O) groups is 1. The molecule has 23 heavy (non-hydrogen) atoms. The van der Waals surface area contributed by atoms with E-state index in [9.17, 15) is 4.79 Å². The lowest BCUT2D eigenvalue weighted by atomic mass is 9.99. The minimum absolute atomic E-state index is 0.00612. The number of pyridine rings is 1. The van der Waals surface area contributed by atoms with E-state index < -0.39 is 0 Å². The molecule has 126 valence electrons. The molecule has 5 nitrogen and oxygen atoms in total. The first-order valence-corrected chi connectivity index (χ1v) is 8.96. The van der Waals surface area contributed by atoms with Crippen molar-refractivity contribution in [3.05, 3.63) is 34.1 Å². The third kappa shape index (κ3) is 5.76. The van der Waals surface area contributed by atoms with E-state index in [4.69, 9.17) is 4.74 Å². The fourth-order valence-electron chi connectivity index (χ4n) is 2.67.